The van der Waals surface area contributed by atoms with E-state index in [9.17, 15) is 9.90 Å². The lowest BCUT2D eigenvalue weighted by atomic mass is 10.1. The summed E-state index contributed by atoms with van der Waals surface area (Å²) in [5.74, 6) is -0.223. The van der Waals surface area contributed by atoms with Crippen LogP contribution < -0.4 is 5.32 Å². The fourth-order valence-corrected chi connectivity index (χ4v) is 2.16. The molecule has 0 saturated heterocycles. The molecule has 1 aromatic carbocycles. The van der Waals surface area contributed by atoms with Gasteiger partial charge in [0.2, 0.25) is 0 Å². The molecule has 0 aliphatic heterocycles. The van der Waals surface area contributed by atoms with Crippen molar-refractivity contribution in [2.75, 3.05) is 6.54 Å². The Morgan fingerprint density at radius 3 is 2.80 bits per heavy atom. The van der Waals surface area contributed by atoms with Crippen molar-refractivity contribution in [3.8, 4) is 5.69 Å². The standard InChI is InChI=1S/C15H17N3O2/c19-15(20)14(16-8-11-6-7-11)12-9-17-18(10-12)13-4-2-1-3-5-13/h1-5,9-11,14,16H,6-8H2,(H,19,20). The highest BCUT2D eigenvalue weighted by atomic mass is 16.4. The molecule has 2 aromatic rings. The molecule has 1 heterocycles. The molecule has 1 aliphatic carbocycles. The van der Waals surface area contributed by atoms with Crippen molar-refractivity contribution >= 4 is 5.97 Å². The third-order valence-electron chi connectivity index (χ3n) is 3.51. The number of aliphatic carboxylic acids is 1. The molecule has 20 heavy (non-hydrogen) atoms. The molecule has 0 bridgehead atoms. The third-order valence-corrected chi connectivity index (χ3v) is 3.51. The van der Waals surface area contributed by atoms with Crippen LogP contribution in [0.15, 0.2) is 42.7 Å². The normalized spacial score (nSPS) is 16.0. The monoisotopic (exact) mass is 271 g/mol. The molecule has 1 fully saturated rings. The maximum atomic E-state index is 11.4. The maximum Gasteiger partial charge on any atom is 0.325 e. The molecule has 1 unspecified atom stereocenters. The van der Waals surface area contributed by atoms with Crippen LogP contribution >= 0.6 is 0 Å². The van der Waals surface area contributed by atoms with Crippen LogP contribution in [0.4, 0.5) is 0 Å². The predicted molar refractivity (Wildman–Crippen MR) is 74.7 cm³/mol. The number of aromatic nitrogens is 2. The predicted octanol–water partition coefficient (Wildman–Crippen LogP) is 2.00. The summed E-state index contributed by atoms with van der Waals surface area (Å²) in [6, 6.07) is 8.97. The van der Waals surface area contributed by atoms with Crippen LogP contribution in [0.25, 0.3) is 5.69 Å². The Hall–Kier alpha value is -2.14. The minimum absolute atomic E-state index is 0.640. The quantitative estimate of drug-likeness (QED) is 0.843. The number of para-hydroxylation sites is 1. The second-order valence-corrected chi connectivity index (χ2v) is 5.18. The Kier molecular flexibility index (Phi) is 3.52. The summed E-state index contributed by atoms with van der Waals surface area (Å²) in [6.45, 7) is 0.757. The number of carbonyl (C=O) groups is 1. The number of nitrogens with one attached hydrogen (secondary N) is 1. The summed E-state index contributed by atoms with van der Waals surface area (Å²) >= 11 is 0. The molecule has 2 N–H and O–H groups in total. The highest BCUT2D eigenvalue weighted by molar-refractivity contribution is 5.75. The van der Waals surface area contributed by atoms with E-state index in [-0.39, 0.29) is 0 Å². The van der Waals surface area contributed by atoms with Gasteiger partial charge in [0, 0.05) is 11.8 Å². The van der Waals surface area contributed by atoms with E-state index in [1.165, 1.54) is 12.8 Å². The van der Waals surface area contributed by atoms with E-state index < -0.39 is 12.0 Å². The number of carboxylic acid groups (broad SMARTS) is 1. The van der Waals surface area contributed by atoms with Crippen LogP contribution in [-0.4, -0.2) is 27.4 Å². The highest BCUT2D eigenvalue weighted by Gasteiger charge is 2.26. The molecule has 1 saturated carbocycles. The first-order chi connectivity index (χ1) is 9.74. The van der Waals surface area contributed by atoms with Crippen molar-refractivity contribution in [3.05, 3.63) is 48.3 Å². The lowest BCUT2D eigenvalue weighted by Gasteiger charge is -2.12. The van der Waals surface area contributed by atoms with Crippen molar-refractivity contribution < 1.29 is 9.90 Å². The number of nitrogens with zero attached hydrogens (tertiary/aromatic N) is 2. The minimum Gasteiger partial charge on any atom is -0.480 e. The summed E-state index contributed by atoms with van der Waals surface area (Å²) < 4.78 is 1.70. The number of benzene rings is 1. The van der Waals surface area contributed by atoms with Gasteiger partial charge < -0.3 is 10.4 Å². The van der Waals surface area contributed by atoms with Crippen LogP contribution in [0.3, 0.4) is 0 Å². The lowest BCUT2D eigenvalue weighted by molar-refractivity contribution is -0.139. The van der Waals surface area contributed by atoms with Gasteiger partial charge in [0.05, 0.1) is 11.9 Å². The fraction of sp³-hybridized carbons (Fsp3) is 0.333. The minimum atomic E-state index is -0.863. The van der Waals surface area contributed by atoms with Crippen molar-refractivity contribution in [2.24, 2.45) is 5.92 Å². The molecule has 5 heteroatoms. The van der Waals surface area contributed by atoms with E-state index in [4.69, 9.17) is 0 Å². The zero-order valence-electron chi connectivity index (χ0n) is 11.1. The second-order valence-electron chi connectivity index (χ2n) is 5.18. The van der Waals surface area contributed by atoms with E-state index in [1.807, 2.05) is 30.3 Å². The van der Waals surface area contributed by atoms with Gasteiger partial charge in [0.25, 0.3) is 0 Å². The van der Waals surface area contributed by atoms with Crippen LogP contribution in [0.2, 0.25) is 0 Å². The second kappa shape index (κ2) is 5.46. The van der Waals surface area contributed by atoms with Gasteiger partial charge in [0.15, 0.2) is 0 Å². The topological polar surface area (TPSA) is 67.2 Å². The summed E-state index contributed by atoms with van der Waals surface area (Å²) in [5.41, 5.74) is 1.60. The molecule has 0 amide bonds. The Bertz CT molecular complexity index is 590. The highest BCUT2D eigenvalue weighted by Crippen LogP contribution is 2.28. The Labute approximate surface area is 117 Å². The van der Waals surface area contributed by atoms with Crippen molar-refractivity contribution in [3.63, 3.8) is 0 Å². The zero-order chi connectivity index (χ0) is 13.9. The molecule has 104 valence electrons. The fourth-order valence-electron chi connectivity index (χ4n) is 2.16. The van der Waals surface area contributed by atoms with Gasteiger partial charge in [-0.3, -0.25) is 4.79 Å². The summed E-state index contributed by atoms with van der Waals surface area (Å²) in [7, 11) is 0. The Morgan fingerprint density at radius 1 is 1.40 bits per heavy atom. The lowest BCUT2D eigenvalue weighted by Crippen LogP contribution is -2.29. The van der Waals surface area contributed by atoms with Crippen LogP contribution in [0, 0.1) is 5.92 Å². The first-order valence-electron chi connectivity index (χ1n) is 6.80. The van der Waals surface area contributed by atoms with E-state index in [0.717, 1.165) is 12.2 Å². The first kappa shape index (κ1) is 12.9. The first-order valence-corrected chi connectivity index (χ1v) is 6.80. The van der Waals surface area contributed by atoms with Crippen LogP contribution in [-0.2, 0) is 4.79 Å². The summed E-state index contributed by atoms with van der Waals surface area (Å²) in [4.78, 5) is 11.4. The molecule has 1 atom stereocenters. The van der Waals surface area contributed by atoms with Gasteiger partial charge in [-0.1, -0.05) is 18.2 Å². The number of hydrogen-bond donors (Lipinski definition) is 2. The summed E-state index contributed by atoms with van der Waals surface area (Å²) in [5, 5.41) is 16.7. The zero-order valence-corrected chi connectivity index (χ0v) is 11.1. The van der Waals surface area contributed by atoms with Crippen LogP contribution in [0.5, 0.6) is 0 Å². The average Bonchev–Trinajstić information content (AvgIpc) is 3.15. The Morgan fingerprint density at radius 2 is 2.15 bits per heavy atom. The summed E-state index contributed by atoms with van der Waals surface area (Å²) in [6.07, 6.45) is 5.78. The van der Waals surface area contributed by atoms with E-state index in [1.54, 1.807) is 17.1 Å². The van der Waals surface area contributed by atoms with Gasteiger partial charge in [0.1, 0.15) is 6.04 Å². The van der Waals surface area contributed by atoms with E-state index in [2.05, 4.69) is 10.4 Å². The van der Waals surface area contributed by atoms with Crippen molar-refractivity contribution in [1.29, 1.82) is 0 Å². The number of carboxylic acids is 1. The molecular weight excluding hydrogens is 254 g/mol. The molecule has 1 aromatic heterocycles. The van der Waals surface area contributed by atoms with Crippen molar-refractivity contribution in [1.82, 2.24) is 15.1 Å². The molecule has 0 spiro atoms. The molecule has 3 rings (SSSR count). The van der Waals surface area contributed by atoms with Gasteiger partial charge in [-0.05, 0) is 37.4 Å². The van der Waals surface area contributed by atoms with E-state index in [0.29, 0.717) is 11.5 Å². The Balaban J connectivity index is 1.77. The third kappa shape index (κ3) is 2.88. The van der Waals surface area contributed by atoms with Crippen molar-refractivity contribution in [2.45, 2.75) is 18.9 Å². The van der Waals surface area contributed by atoms with Gasteiger partial charge in [-0.2, -0.15) is 5.10 Å². The average molecular weight is 271 g/mol. The van der Waals surface area contributed by atoms with E-state index >= 15 is 0 Å². The number of rotatable bonds is 6. The SMILES string of the molecule is O=C(O)C(NCC1CC1)c1cnn(-c2ccccc2)c1. The molecular formula is C15H17N3O2. The molecule has 1 aliphatic rings. The van der Waals surface area contributed by atoms with Gasteiger partial charge >= 0.3 is 5.97 Å². The number of hydrogen-bond acceptors (Lipinski definition) is 3. The molecule has 0 radical (unpaired) electrons. The van der Waals surface area contributed by atoms with Crippen LogP contribution in [0.1, 0.15) is 24.4 Å². The smallest absolute Gasteiger partial charge is 0.325 e. The van der Waals surface area contributed by atoms with Gasteiger partial charge in [-0.15, -0.1) is 0 Å². The maximum absolute atomic E-state index is 11.4. The van der Waals surface area contributed by atoms with Gasteiger partial charge in [-0.25, -0.2) is 4.68 Å². The molecule has 5 nitrogen and oxygen atoms in total. The largest absolute Gasteiger partial charge is 0.480 e.